The normalized spacial score (nSPS) is 15.3. The topological polar surface area (TPSA) is 69.2 Å². The minimum absolute atomic E-state index is 0.185. The smallest absolute Gasteiger partial charge is 0.240 e. The van der Waals surface area contributed by atoms with Crippen LogP contribution in [0.3, 0.4) is 0 Å². The van der Waals surface area contributed by atoms with Gasteiger partial charge in [0.1, 0.15) is 11.6 Å². The summed E-state index contributed by atoms with van der Waals surface area (Å²) in [4.78, 5) is 6.55. The van der Waals surface area contributed by atoms with Gasteiger partial charge < -0.3 is 9.26 Å². The number of rotatable bonds is 6. The highest BCUT2D eigenvalue weighted by Crippen LogP contribution is 2.22. The molecule has 3 heterocycles. The molecule has 4 rings (SSSR count). The molecular weight excluding hydrogens is 325 g/mol. The molecule has 8 heteroatoms. The van der Waals surface area contributed by atoms with E-state index in [2.05, 4.69) is 26.3 Å². The van der Waals surface area contributed by atoms with Gasteiger partial charge in [0.2, 0.25) is 11.7 Å². The number of aromatic nitrogens is 4. The predicted octanol–water partition coefficient (Wildman–Crippen LogP) is 2.35. The zero-order valence-corrected chi connectivity index (χ0v) is 13.8. The molecular formula is C17H18FN5O2. The molecule has 0 N–H and O–H groups in total. The first-order valence-electron chi connectivity index (χ1n) is 8.08. The molecule has 1 aliphatic heterocycles. The molecule has 1 aromatic carbocycles. The molecule has 0 saturated carbocycles. The molecule has 0 unspecified atom stereocenters. The van der Waals surface area contributed by atoms with Crippen LogP contribution in [-0.4, -0.2) is 37.9 Å². The van der Waals surface area contributed by atoms with Crippen LogP contribution in [0.4, 0.5) is 4.39 Å². The van der Waals surface area contributed by atoms with Gasteiger partial charge in [0.15, 0.2) is 6.61 Å². The quantitative estimate of drug-likeness (QED) is 0.684. The van der Waals surface area contributed by atoms with Crippen LogP contribution in [0.2, 0.25) is 0 Å². The first-order valence-corrected chi connectivity index (χ1v) is 8.08. The van der Waals surface area contributed by atoms with Crippen molar-refractivity contribution in [1.29, 1.82) is 0 Å². The molecule has 0 bridgehead atoms. The van der Waals surface area contributed by atoms with Crippen molar-refractivity contribution in [2.75, 3.05) is 13.1 Å². The lowest BCUT2D eigenvalue weighted by molar-refractivity contribution is 0.0790. The van der Waals surface area contributed by atoms with E-state index in [1.165, 1.54) is 17.7 Å². The monoisotopic (exact) mass is 343 g/mol. The second-order valence-electron chi connectivity index (χ2n) is 6.19. The fraction of sp³-hybridized carbons (Fsp3) is 0.353. The van der Waals surface area contributed by atoms with Gasteiger partial charge in [-0.3, -0.25) is 9.58 Å². The van der Waals surface area contributed by atoms with Gasteiger partial charge >= 0.3 is 0 Å². The largest absolute Gasteiger partial charge is 0.485 e. The molecule has 0 atom stereocenters. The second-order valence-corrected chi connectivity index (χ2v) is 6.19. The van der Waals surface area contributed by atoms with Crippen LogP contribution in [0.1, 0.15) is 23.3 Å². The van der Waals surface area contributed by atoms with Gasteiger partial charge in [-0.05, 0) is 36.8 Å². The molecule has 1 saturated heterocycles. The van der Waals surface area contributed by atoms with E-state index in [0.717, 1.165) is 13.1 Å². The zero-order valence-electron chi connectivity index (χ0n) is 13.8. The summed E-state index contributed by atoms with van der Waals surface area (Å²) in [6, 6.07) is 6.22. The van der Waals surface area contributed by atoms with Crippen molar-refractivity contribution in [1.82, 2.24) is 24.8 Å². The molecule has 25 heavy (non-hydrogen) atoms. The van der Waals surface area contributed by atoms with Crippen molar-refractivity contribution in [2.45, 2.75) is 26.1 Å². The van der Waals surface area contributed by atoms with E-state index in [1.54, 1.807) is 12.1 Å². The molecule has 2 aromatic heterocycles. The van der Waals surface area contributed by atoms with Crippen LogP contribution in [0.15, 0.2) is 41.2 Å². The van der Waals surface area contributed by atoms with Crippen molar-refractivity contribution in [2.24, 2.45) is 0 Å². The maximum absolute atomic E-state index is 12.8. The minimum Gasteiger partial charge on any atom is -0.485 e. The Morgan fingerprint density at radius 1 is 1.28 bits per heavy atom. The number of hydrogen-bond donors (Lipinski definition) is 0. The Morgan fingerprint density at radius 3 is 2.80 bits per heavy atom. The van der Waals surface area contributed by atoms with Crippen molar-refractivity contribution >= 4 is 0 Å². The Labute approximate surface area is 144 Å². The average Bonchev–Trinajstić information content (AvgIpc) is 3.19. The van der Waals surface area contributed by atoms with Gasteiger partial charge in [0, 0.05) is 19.3 Å². The maximum Gasteiger partial charge on any atom is 0.240 e. The summed E-state index contributed by atoms with van der Waals surface area (Å²) in [5.41, 5.74) is 1.17. The molecule has 3 aromatic rings. The van der Waals surface area contributed by atoms with Crippen LogP contribution in [0, 0.1) is 12.7 Å². The van der Waals surface area contributed by atoms with Crippen LogP contribution in [0.5, 0.6) is 5.75 Å². The van der Waals surface area contributed by atoms with Crippen LogP contribution in [-0.2, 0) is 13.2 Å². The second kappa shape index (κ2) is 6.64. The van der Waals surface area contributed by atoms with Crippen LogP contribution < -0.4 is 4.74 Å². The van der Waals surface area contributed by atoms with Gasteiger partial charge in [-0.25, -0.2) is 4.39 Å². The van der Waals surface area contributed by atoms with Gasteiger partial charge in [-0.2, -0.15) is 10.1 Å². The molecule has 0 amide bonds. The van der Waals surface area contributed by atoms with E-state index in [-0.39, 0.29) is 12.4 Å². The Bertz CT molecular complexity index is 839. The zero-order chi connectivity index (χ0) is 17.2. The van der Waals surface area contributed by atoms with E-state index in [1.807, 2.05) is 17.8 Å². The molecule has 130 valence electrons. The Balaban J connectivity index is 1.25. The summed E-state index contributed by atoms with van der Waals surface area (Å²) in [5.74, 6) is 1.30. The van der Waals surface area contributed by atoms with E-state index < -0.39 is 0 Å². The standard InChI is InChI=1S/C17H18FN5O2/c1-12-6-19-23(7-12)14-8-22(9-14)10-17-20-16(21-25-17)11-24-15-4-2-13(18)3-5-15/h2-7,14H,8-11H2,1H3. The highest BCUT2D eigenvalue weighted by atomic mass is 19.1. The Hall–Kier alpha value is -2.74. The Kier molecular flexibility index (Phi) is 4.19. The third kappa shape index (κ3) is 3.69. The highest BCUT2D eigenvalue weighted by Gasteiger charge is 2.29. The van der Waals surface area contributed by atoms with Gasteiger partial charge in [0.25, 0.3) is 0 Å². The average molecular weight is 343 g/mol. The third-order valence-electron chi connectivity index (χ3n) is 4.09. The first kappa shape index (κ1) is 15.8. The number of nitrogens with zero attached hydrogens (tertiary/aromatic N) is 5. The van der Waals surface area contributed by atoms with Crippen molar-refractivity contribution in [3.63, 3.8) is 0 Å². The summed E-state index contributed by atoms with van der Waals surface area (Å²) >= 11 is 0. The van der Waals surface area contributed by atoms with E-state index >= 15 is 0 Å². The fourth-order valence-electron chi connectivity index (χ4n) is 2.75. The molecule has 0 spiro atoms. The number of ether oxygens (including phenoxy) is 1. The number of hydrogen-bond acceptors (Lipinski definition) is 6. The van der Waals surface area contributed by atoms with Crippen molar-refractivity contribution in [3.05, 3.63) is 59.8 Å². The van der Waals surface area contributed by atoms with Gasteiger partial charge in [-0.1, -0.05) is 5.16 Å². The number of benzene rings is 1. The maximum atomic E-state index is 12.8. The van der Waals surface area contributed by atoms with Gasteiger partial charge in [-0.15, -0.1) is 0 Å². The first-order chi connectivity index (χ1) is 12.2. The van der Waals surface area contributed by atoms with Gasteiger partial charge in [0.05, 0.1) is 18.8 Å². The molecule has 1 aliphatic rings. The highest BCUT2D eigenvalue weighted by molar-refractivity contribution is 5.22. The lowest BCUT2D eigenvalue weighted by Gasteiger charge is -2.38. The van der Waals surface area contributed by atoms with Crippen molar-refractivity contribution < 1.29 is 13.7 Å². The SMILES string of the molecule is Cc1cnn(C2CN(Cc3nc(COc4ccc(F)cc4)no3)C2)c1. The predicted molar refractivity (Wildman–Crippen MR) is 86.3 cm³/mol. The van der Waals surface area contributed by atoms with E-state index in [0.29, 0.717) is 30.1 Å². The molecule has 1 fully saturated rings. The van der Waals surface area contributed by atoms with E-state index in [9.17, 15) is 4.39 Å². The lowest BCUT2D eigenvalue weighted by Crippen LogP contribution is -2.47. The molecule has 0 radical (unpaired) electrons. The molecule has 7 nitrogen and oxygen atoms in total. The fourth-order valence-corrected chi connectivity index (χ4v) is 2.75. The minimum atomic E-state index is -0.299. The summed E-state index contributed by atoms with van der Waals surface area (Å²) < 4.78 is 25.6. The Morgan fingerprint density at radius 2 is 2.08 bits per heavy atom. The number of aryl methyl sites for hydroxylation is 1. The van der Waals surface area contributed by atoms with Crippen LogP contribution >= 0.6 is 0 Å². The molecule has 0 aliphatic carbocycles. The summed E-state index contributed by atoms with van der Waals surface area (Å²) in [5, 5.41) is 8.25. The lowest BCUT2D eigenvalue weighted by atomic mass is 10.1. The number of likely N-dealkylation sites (tertiary alicyclic amines) is 1. The summed E-state index contributed by atoms with van der Waals surface area (Å²) in [6.45, 7) is 4.65. The van der Waals surface area contributed by atoms with Crippen LogP contribution in [0.25, 0.3) is 0 Å². The van der Waals surface area contributed by atoms with E-state index in [4.69, 9.17) is 9.26 Å². The summed E-state index contributed by atoms with van der Waals surface area (Å²) in [6.07, 6.45) is 3.92. The number of halogens is 1. The van der Waals surface area contributed by atoms with Crippen molar-refractivity contribution in [3.8, 4) is 5.75 Å². The third-order valence-corrected chi connectivity index (χ3v) is 4.09. The summed E-state index contributed by atoms with van der Waals surface area (Å²) in [7, 11) is 0.